The molecule has 0 aromatic heterocycles. The highest BCUT2D eigenvalue weighted by atomic mass is 35.5. The average Bonchev–Trinajstić information content (AvgIpc) is 3.18. The summed E-state index contributed by atoms with van der Waals surface area (Å²) in [6.45, 7) is 1.89. The minimum absolute atomic E-state index is 0.0925. The fourth-order valence-corrected chi connectivity index (χ4v) is 2.26. The second-order valence-electron chi connectivity index (χ2n) is 4.95. The molecule has 2 amide bonds. The Morgan fingerprint density at radius 1 is 1.35 bits per heavy atom. The molecular formula is C13H14Cl2N2O3. The maximum atomic E-state index is 11.8. The Morgan fingerprint density at radius 2 is 2.00 bits per heavy atom. The summed E-state index contributed by atoms with van der Waals surface area (Å²) in [6.07, 6.45) is 1.16. The third-order valence-corrected chi connectivity index (χ3v) is 4.22. The topological polar surface area (TPSA) is 78.4 Å². The first-order valence-corrected chi connectivity index (χ1v) is 6.84. The van der Waals surface area contributed by atoms with Crippen LogP contribution in [0, 0.1) is 12.3 Å². The van der Waals surface area contributed by atoms with Gasteiger partial charge in [-0.3, -0.25) is 4.79 Å². The molecule has 20 heavy (non-hydrogen) atoms. The summed E-state index contributed by atoms with van der Waals surface area (Å²) in [4.78, 5) is 22.8. The van der Waals surface area contributed by atoms with Crippen molar-refractivity contribution in [3.63, 3.8) is 0 Å². The van der Waals surface area contributed by atoms with E-state index in [-0.39, 0.29) is 6.54 Å². The van der Waals surface area contributed by atoms with Crippen molar-refractivity contribution in [1.82, 2.24) is 5.32 Å². The number of aliphatic carboxylic acids is 1. The van der Waals surface area contributed by atoms with E-state index in [1.165, 1.54) is 0 Å². The van der Waals surface area contributed by atoms with E-state index in [1.807, 2.05) is 0 Å². The molecule has 7 heteroatoms. The van der Waals surface area contributed by atoms with Gasteiger partial charge in [0.15, 0.2) is 0 Å². The number of carbonyl (C=O) groups is 2. The summed E-state index contributed by atoms with van der Waals surface area (Å²) in [5, 5.41) is 14.8. The number of hydrogen-bond donors (Lipinski definition) is 3. The predicted molar refractivity (Wildman–Crippen MR) is 77.5 cm³/mol. The highest BCUT2D eigenvalue weighted by Crippen LogP contribution is 2.45. The Balaban J connectivity index is 1.99. The van der Waals surface area contributed by atoms with E-state index in [0.29, 0.717) is 28.6 Å². The normalized spacial score (nSPS) is 15.6. The van der Waals surface area contributed by atoms with E-state index in [4.69, 9.17) is 28.3 Å². The van der Waals surface area contributed by atoms with Gasteiger partial charge in [-0.05, 0) is 31.4 Å². The first-order chi connectivity index (χ1) is 9.35. The highest BCUT2D eigenvalue weighted by Gasteiger charge is 2.50. The molecule has 108 valence electrons. The van der Waals surface area contributed by atoms with Crippen LogP contribution in [0.2, 0.25) is 10.0 Å². The lowest BCUT2D eigenvalue weighted by Gasteiger charge is -2.14. The van der Waals surface area contributed by atoms with Gasteiger partial charge < -0.3 is 15.7 Å². The number of nitrogens with one attached hydrogen (secondary N) is 2. The second-order valence-corrected chi connectivity index (χ2v) is 5.73. The molecular weight excluding hydrogens is 303 g/mol. The van der Waals surface area contributed by atoms with Crippen LogP contribution in [0.3, 0.4) is 0 Å². The summed E-state index contributed by atoms with van der Waals surface area (Å²) in [5.41, 5.74) is 0.305. The average molecular weight is 317 g/mol. The van der Waals surface area contributed by atoms with E-state index in [2.05, 4.69) is 10.6 Å². The van der Waals surface area contributed by atoms with E-state index in [1.54, 1.807) is 19.1 Å². The smallest absolute Gasteiger partial charge is 0.319 e. The Hall–Kier alpha value is -1.46. The van der Waals surface area contributed by atoms with Crippen molar-refractivity contribution in [1.29, 1.82) is 0 Å². The predicted octanol–water partition coefficient (Wildman–Crippen LogP) is 3.29. The number of carbonyl (C=O) groups excluding carboxylic acids is 1. The zero-order valence-corrected chi connectivity index (χ0v) is 12.3. The molecule has 3 N–H and O–H groups in total. The van der Waals surface area contributed by atoms with Gasteiger partial charge in [0, 0.05) is 6.54 Å². The van der Waals surface area contributed by atoms with Crippen molar-refractivity contribution in [2.45, 2.75) is 19.8 Å². The lowest BCUT2D eigenvalue weighted by molar-refractivity contribution is -0.143. The van der Waals surface area contributed by atoms with E-state index in [0.717, 1.165) is 5.56 Å². The molecule has 0 aliphatic heterocycles. The Bertz CT molecular complexity index is 571. The standard InChI is InChI=1S/C13H14Cl2N2O3/c1-7-2-3-8(14)10(9(7)15)17-12(20)16-6-13(4-5-13)11(18)19/h2-3H,4-6H2,1H3,(H,18,19)(H2,16,17,20). The molecule has 1 aliphatic rings. The van der Waals surface area contributed by atoms with E-state index < -0.39 is 17.4 Å². The maximum Gasteiger partial charge on any atom is 0.319 e. The van der Waals surface area contributed by atoms with Gasteiger partial charge in [-0.1, -0.05) is 29.3 Å². The van der Waals surface area contributed by atoms with Crippen molar-refractivity contribution >= 4 is 40.9 Å². The Labute approximate surface area is 126 Å². The van der Waals surface area contributed by atoms with Crippen LogP contribution in [0.5, 0.6) is 0 Å². The van der Waals surface area contributed by atoms with Crippen molar-refractivity contribution in [3.8, 4) is 0 Å². The molecule has 2 rings (SSSR count). The van der Waals surface area contributed by atoms with Crippen LogP contribution in [-0.4, -0.2) is 23.7 Å². The summed E-state index contributed by atoms with van der Waals surface area (Å²) in [5.74, 6) is -0.885. The molecule has 0 atom stereocenters. The molecule has 0 bridgehead atoms. The maximum absolute atomic E-state index is 11.8. The van der Waals surface area contributed by atoms with Crippen LogP contribution in [0.25, 0.3) is 0 Å². The summed E-state index contributed by atoms with van der Waals surface area (Å²) in [7, 11) is 0. The van der Waals surface area contributed by atoms with E-state index >= 15 is 0 Å². The molecule has 0 spiro atoms. The summed E-state index contributed by atoms with van der Waals surface area (Å²) >= 11 is 12.1. The summed E-state index contributed by atoms with van der Waals surface area (Å²) < 4.78 is 0. The quantitative estimate of drug-likeness (QED) is 0.797. The van der Waals surface area contributed by atoms with Gasteiger partial charge in [0.05, 0.1) is 21.1 Å². The lowest BCUT2D eigenvalue weighted by Crippen LogP contribution is -2.36. The zero-order valence-electron chi connectivity index (χ0n) is 10.8. The first kappa shape index (κ1) is 14.9. The highest BCUT2D eigenvalue weighted by molar-refractivity contribution is 6.40. The minimum Gasteiger partial charge on any atom is -0.481 e. The molecule has 0 radical (unpaired) electrons. The van der Waals surface area contributed by atoms with Crippen LogP contribution < -0.4 is 10.6 Å². The number of benzene rings is 1. The first-order valence-electron chi connectivity index (χ1n) is 6.08. The van der Waals surface area contributed by atoms with Crippen LogP contribution in [0.4, 0.5) is 10.5 Å². The molecule has 5 nitrogen and oxygen atoms in total. The fourth-order valence-electron chi connectivity index (χ4n) is 1.80. The minimum atomic E-state index is -0.885. The monoisotopic (exact) mass is 316 g/mol. The van der Waals surface area contributed by atoms with Crippen molar-refractivity contribution in [3.05, 3.63) is 27.7 Å². The number of carboxylic acid groups (broad SMARTS) is 1. The van der Waals surface area contributed by atoms with Crippen LogP contribution in [0.15, 0.2) is 12.1 Å². The molecule has 0 heterocycles. The zero-order chi connectivity index (χ0) is 14.9. The SMILES string of the molecule is Cc1ccc(Cl)c(NC(=O)NCC2(C(=O)O)CC2)c1Cl. The van der Waals surface area contributed by atoms with Crippen molar-refractivity contribution in [2.24, 2.45) is 5.41 Å². The van der Waals surface area contributed by atoms with Gasteiger partial charge >= 0.3 is 12.0 Å². The third kappa shape index (κ3) is 2.99. The largest absolute Gasteiger partial charge is 0.481 e. The number of carboxylic acids is 1. The third-order valence-electron chi connectivity index (χ3n) is 3.42. The molecule has 1 aliphatic carbocycles. The van der Waals surface area contributed by atoms with Crippen LogP contribution in [-0.2, 0) is 4.79 Å². The lowest BCUT2D eigenvalue weighted by atomic mass is 10.1. The molecule has 1 fully saturated rings. The number of halogens is 2. The molecule has 1 aromatic carbocycles. The van der Waals surface area contributed by atoms with Gasteiger partial charge in [0.25, 0.3) is 0 Å². The number of hydrogen-bond acceptors (Lipinski definition) is 2. The van der Waals surface area contributed by atoms with E-state index in [9.17, 15) is 9.59 Å². The molecule has 0 unspecified atom stereocenters. The molecule has 1 aromatic rings. The number of urea groups is 1. The molecule has 1 saturated carbocycles. The summed E-state index contributed by atoms with van der Waals surface area (Å²) in [6, 6.07) is 2.86. The van der Waals surface area contributed by atoms with Gasteiger partial charge in [0.1, 0.15) is 0 Å². The molecule has 0 saturated heterocycles. The van der Waals surface area contributed by atoms with Gasteiger partial charge in [-0.15, -0.1) is 0 Å². The van der Waals surface area contributed by atoms with Crippen LogP contribution in [0.1, 0.15) is 18.4 Å². The number of anilines is 1. The number of aryl methyl sites for hydroxylation is 1. The van der Waals surface area contributed by atoms with Crippen molar-refractivity contribution in [2.75, 3.05) is 11.9 Å². The Morgan fingerprint density at radius 3 is 2.55 bits per heavy atom. The second kappa shape index (κ2) is 5.50. The number of amides is 2. The van der Waals surface area contributed by atoms with Gasteiger partial charge in [-0.25, -0.2) is 4.79 Å². The fraction of sp³-hybridized carbons (Fsp3) is 0.385. The van der Waals surface area contributed by atoms with Gasteiger partial charge in [-0.2, -0.15) is 0 Å². The van der Waals surface area contributed by atoms with Gasteiger partial charge in [0.2, 0.25) is 0 Å². The van der Waals surface area contributed by atoms with Crippen molar-refractivity contribution < 1.29 is 14.7 Å². The van der Waals surface area contributed by atoms with Crippen LogP contribution >= 0.6 is 23.2 Å². The number of rotatable bonds is 4. The Kier molecular flexibility index (Phi) is 4.11.